The first-order valence-electron chi connectivity index (χ1n) is 10.2. The summed E-state index contributed by atoms with van der Waals surface area (Å²) in [5.41, 5.74) is -0.676. The van der Waals surface area contributed by atoms with Gasteiger partial charge in [-0.25, -0.2) is 14.4 Å². The SMILES string of the molecule is CCCC(C)(C)OC1OC(COC(=O)/C=C/C(=O)O)C(C)C(O)C1NC(=O)/C=C/C(=O)O. The maximum atomic E-state index is 12.1. The highest BCUT2D eigenvalue weighted by molar-refractivity contribution is 5.94. The van der Waals surface area contributed by atoms with E-state index in [0.29, 0.717) is 18.6 Å². The second-order valence-corrected chi connectivity index (χ2v) is 8.03. The maximum absolute atomic E-state index is 12.1. The van der Waals surface area contributed by atoms with Crippen molar-refractivity contribution in [2.24, 2.45) is 5.92 Å². The van der Waals surface area contributed by atoms with Crippen molar-refractivity contribution in [3.05, 3.63) is 24.3 Å². The average molecular weight is 457 g/mol. The third kappa shape index (κ3) is 9.16. The average Bonchev–Trinajstić information content (AvgIpc) is 2.68. The van der Waals surface area contributed by atoms with Crippen LogP contribution >= 0.6 is 0 Å². The number of esters is 1. The first-order valence-corrected chi connectivity index (χ1v) is 10.2. The molecule has 1 fully saturated rings. The number of nitrogens with one attached hydrogen (secondary N) is 1. The molecule has 1 amide bonds. The van der Waals surface area contributed by atoms with Crippen LogP contribution in [0, 0.1) is 5.92 Å². The van der Waals surface area contributed by atoms with E-state index < -0.39 is 59.9 Å². The lowest BCUT2D eigenvalue weighted by Gasteiger charge is -2.45. The van der Waals surface area contributed by atoms with E-state index in [2.05, 4.69) is 5.32 Å². The lowest BCUT2D eigenvalue weighted by atomic mass is 9.89. The van der Waals surface area contributed by atoms with Crippen molar-refractivity contribution in [1.82, 2.24) is 5.32 Å². The molecule has 5 unspecified atom stereocenters. The molecule has 0 bridgehead atoms. The molecular formula is C21H31NO10. The van der Waals surface area contributed by atoms with Gasteiger partial charge in [-0.3, -0.25) is 4.79 Å². The van der Waals surface area contributed by atoms with E-state index in [4.69, 9.17) is 24.4 Å². The van der Waals surface area contributed by atoms with Crippen LogP contribution in [0.3, 0.4) is 0 Å². The number of rotatable bonds is 11. The second kappa shape index (κ2) is 12.3. The van der Waals surface area contributed by atoms with Crippen LogP contribution in [0.2, 0.25) is 0 Å². The number of ether oxygens (including phenoxy) is 3. The largest absolute Gasteiger partial charge is 0.478 e. The first kappa shape index (κ1) is 27.3. The molecule has 11 nitrogen and oxygen atoms in total. The zero-order valence-electron chi connectivity index (χ0n) is 18.5. The van der Waals surface area contributed by atoms with Gasteiger partial charge in [-0.05, 0) is 20.3 Å². The van der Waals surface area contributed by atoms with E-state index in [1.807, 2.05) is 20.8 Å². The Kier molecular flexibility index (Phi) is 10.5. The molecule has 4 N–H and O–H groups in total. The lowest BCUT2D eigenvalue weighted by Crippen LogP contribution is -2.63. The van der Waals surface area contributed by atoms with E-state index in [1.54, 1.807) is 6.92 Å². The first-order chi connectivity index (χ1) is 14.9. The van der Waals surface area contributed by atoms with Gasteiger partial charge in [0, 0.05) is 30.2 Å². The standard InChI is InChI=1S/C21H31NO10/c1-5-10-21(3,4)32-20-18(22-14(23)6-7-15(24)25)19(29)12(2)13(31-20)11-30-17(28)9-8-16(26)27/h6-9,12-13,18-20,29H,5,10-11H2,1-4H3,(H,22,23)(H,24,25)(H,26,27)/b7-6+,9-8+. The van der Waals surface area contributed by atoms with Crippen molar-refractivity contribution in [1.29, 1.82) is 0 Å². The molecule has 0 aliphatic carbocycles. The second-order valence-electron chi connectivity index (χ2n) is 8.03. The molecule has 0 aromatic carbocycles. The number of hydrogen-bond acceptors (Lipinski definition) is 8. The number of aliphatic hydroxyl groups excluding tert-OH is 1. The predicted molar refractivity (Wildman–Crippen MR) is 110 cm³/mol. The van der Waals surface area contributed by atoms with Gasteiger partial charge in [0.1, 0.15) is 12.6 Å². The summed E-state index contributed by atoms with van der Waals surface area (Å²) in [5.74, 6) is -4.87. The lowest BCUT2D eigenvalue weighted by molar-refractivity contribution is -0.285. The molecule has 5 atom stereocenters. The number of hydrogen-bond donors (Lipinski definition) is 4. The Morgan fingerprint density at radius 2 is 1.66 bits per heavy atom. The quantitative estimate of drug-likeness (QED) is 0.255. The van der Waals surface area contributed by atoms with Gasteiger partial charge in [0.2, 0.25) is 5.91 Å². The minimum atomic E-state index is -1.30. The van der Waals surface area contributed by atoms with Crippen LogP contribution in [-0.2, 0) is 33.4 Å². The van der Waals surface area contributed by atoms with Gasteiger partial charge in [-0.15, -0.1) is 0 Å². The third-order valence-electron chi connectivity index (χ3n) is 4.82. The Hall–Kier alpha value is -2.76. The molecule has 180 valence electrons. The molecule has 32 heavy (non-hydrogen) atoms. The molecule has 1 aliphatic rings. The normalized spacial score (nSPS) is 26.2. The van der Waals surface area contributed by atoms with Crippen LogP contribution in [-0.4, -0.2) is 75.9 Å². The number of aliphatic hydroxyl groups is 1. The molecule has 0 aromatic rings. The smallest absolute Gasteiger partial charge is 0.331 e. The van der Waals surface area contributed by atoms with E-state index >= 15 is 0 Å². The summed E-state index contributed by atoms with van der Waals surface area (Å²) in [6.45, 7) is 6.94. The fourth-order valence-corrected chi connectivity index (χ4v) is 3.22. The Balaban J connectivity index is 3.00. The summed E-state index contributed by atoms with van der Waals surface area (Å²) >= 11 is 0. The van der Waals surface area contributed by atoms with Crippen LogP contribution in [0.25, 0.3) is 0 Å². The minimum absolute atomic E-state index is 0.283. The number of amides is 1. The summed E-state index contributed by atoms with van der Waals surface area (Å²) in [5, 5.41) is 30.6. The van der Waals surface area contributed by atoms with Gasteiger partial charge in [-0.2, -0.15) is 0 Å². The summed E-state index contributed by atoms with van der Waals surface area (Å²) in [6.07, 6.45) is 1.22. The minimum Gasteiger partial charge on any atom is -0.478 e. The van der Waals surface area contributed by atoms with Crippen LogP contribution in [0.5, 0.6) is 0 Å². The van der Waals surface area contributed by atoms with Gasteiger partial charge in [-0.1, -0.05) is 20.3 Å². The Morgan fingerprint density at radius 3 is 2.22 bits per heavy atom. The summed E-state index contributed by atoms with van der Waals surface area (Å²) in [7, 11) is 0. The molecule has 0 radical (unpaired) electrons. The van der Waals surface area contributed by atoms with E-state index in [9.17, 15) is 24.3 Å². The fourth-order valence-electron chi connectivity index (χ4n) is 3.22. The Labute approximate surface area is 186 Å². The van der Waals surface area contributed by atoms with Gasteiger partial charge in [0.25, 0.3) is 0 Å². The monoisotopic (exact) mass is 457 g/mol. The van der Waals surface area contributed by atoms with Crippen LogP contribution in [0.4, 0.5) is 0 Å². The van der Waals surface area contributed by atoms with E-state index in [0.717, 1.165) is 18.6 Å². The predicted octanol–water partition coefficient (Wildman–Crippen LogP) is 0.613. The fraction of sp³-hybridized carbons (Fsp3) is 0.619. The van der Waals surface area contributed by atoms with Crippen molar-refractivity contribution in [3.8, 4) is 0 Å². The highest BCUT2D eigenvalue weighted by Gasteiger charge is 2.46. The molecule has 1 aliphatic heterocycles. The van der Waals surface area contributed by atoms with Crippen molar-refractivity contribution >= 4 is 23.8 Å². The zero-order valence-corrected chi connectivity index (χ0v) is 18.5. The van der Waals surface area contributed by atoms with Gasteiger partial charge < -0.3 is 34.8 Å². The summed E-state index contributed by atoms with van der Waals surface area (Å²) in [4.78, 5) is 44.9. The van der Waals surface area contributed by atoms with Gasteiger partial charge in [0.15, 0.2) is 6.29 Å². The molecule has 0 aromatic heterocycles. The molecule has 11 heteroatoms. The molecule has 1 rings (SSSR count). The number of carbonyl (C=O) groups excluding carboxylic acids is 2. The highest BCUT2D eigenvalue weighted by atomic mass is 16.7. The number of carboxylic acid groups (broad SMARTS) is 2. The number of carbonyl (C=O) groups is 4. The molecule has 1 saturated heterocycles. The van der Waals surface area contributed by atoms with Crippen molar-refractivity contribution in [2.45, 2.75) is 70.7 Å². The van der Waals surface area contributed by atoms with Crippen LogP contribution in [0.15, 0.2) is 24.3 Å². The molecule has 0 saturated carbocycles. The van der Waals surface area contributed by atoms with Crippen LogP contribution < -0.4 is 5.32 Å². The van der Waals surface area contributed by atoms with Gasteiger partial charge >= 0.3 is 17.9 Å². The summed E-state index contributed by atoms with van der Waals surface area (Å²) in [6, 6.07) is -1.02. The van der Waals surface area contributed by atoms with E-state index in [-0.39, 0.29) is 6.61 Å². The van der Waals surface area contributed by atoms with Crippen molar-refractivity contribution in [3.63, 3.8) is 0 Å². The van der Waals surface area contributed by atoms with Crippen molar-refractivity contribution < 1.29 is 48.7 Å². The Bertz CT molecular complexity index is 743. The molecule has 0 spiro atoms. The zero-order chi connectivity index (χ0) is 24.5. The number of carboxylic acids is 2. The number of aliphatic carboxylic acids is 2. The van der Waals surface area contributed by atoms with E-state index in [1.165, 1.54) is 0 Å². The Morgan fingerprint density at radius 1 is 1.06 bits per heavy atom. The van der Waals surface area contributed by atoms with Crippen molar-refractivity contribution in [2.75, 3.05) is 6.61 Å². The maximum Gasteiger partial charge on any atom is 0.331 e. The third-order valence-corrected chi connectivity index (χ3v) is 4.82. The summed E-state index contributed by atoms with van der Waals surface area (Å²) < 4.78 is 16.9. The molecule has 1 heterocycles. The topological polar surface area (TPSA) is 169 Å². The van der Waals surface area contributed by atoms with Crippen LogP contribution in [0.1, 0.15) is 40.5 Å². The highest BCUT2D eigenvalue weighted by Crippen LogP contribution is 2.31. The molecular weight excluding hydrogens is 426 g/mol. The van der Waals surface area contributed by atoms with Gasteiger partial charge in [0.05, 0.1) is 17.8 Å².